The number of nitrogens with zero attached hydrogens (tertiary/aromatic N) is 3. The highest BCUT2D eigenvalue weighted by atomic mass is 15.2. The molecular formula is C22H34N6. The molecule has 1 heterocycles. The Morgan fingerprint density at radius 1 is 1.18 bits per heavy atom. The topological polar surface area (TPSA) is 102 Å². The van der Waals surface area contributed by atoms with Crippen LogP contribution in [0, 0.1) is 12.8 Å². The molecule has 0 aliphatic rings. The zero-order valence-electron chi connectivity index (χ0n) is 17.9. The lowest BCUT2D eigenvalue weighted by Gasteiger charge is -2.20. The molecular weight excluding hydrogens is 348 g/mol. The molecule has 1 atom stereocenters. The maximum atomic E-state index is 5.93. The highest BCUT2D eigenvalue weighted by molar-refractivity contribution is 5.66. The smallest absolute Gasteiger partial charge is 0.148 e. The summed E-state index contributed by atoms with van der Waals surface area (Å²) in [5, 5.41) is 11.8. The van der Waals surface area contributed by atoms with Crippen molar-refractivity contribution in [3.05, 3.63) is 47.7 Å². The van der Waals surface area contributed by atoms with Crippen LogP contribution >= 0.6 is 0 Å². The zero-order valence-corrected chi connectivity index (χ0v) is 17.9. The molecule has 28 heavy (non-hydrogen) atoms. The molecule has 2 rings (SSSR count). The number of aliphatic imine (C=N–C) groups is 1. The van der Waals surface area contributed by atoms with Crippen molar-refractivity contribution >= 4 is 17.7 Å². The molecule has 1 aromatic carbocycles. The highest BCUT2D eigenvalue weighted by Crippen LogP contribution is 2.22. The largest absolute Gasteiger partial charge is 0.398 e. The zero-order chi connectivity index (χ0) is 21.1. The van der Waals surface area contributed by atoms with Gasteiger partial charge in [-0.1, -0.05) is 32.1 Å². The summed E-state index contributed by atoms with van der Waals surface area (Å²) in [5.74, 6) is 1.18. The van der Waals surface area contributed by atoms with Gasteiger partial charge in [-0.15, -0.1) is 10.2 Å². The molecule has 5 N–H and O–H groups in total. The minimum Gasteiger partial charge on any atom is -0.398 e. The van der Waals surface area contributed by atoms with Gasteiger partial charge in [0.2, 0.25) is 0 Å². The first-order valence-electron chi connectivity index (χ1n) is 9.60. The van der Waals surface area contributed by atoms with Crippen LogP contribution in [0.2, 0.25) is 0 Å². The minimum absolute atomic E-state index is 0.195. The molecule has 152 valence electrons. The number of nitrogens with one attached hydrogen (secondary N) is 1. The van der Waals surface area contributed by atoms with Crippen LogP contribution < -0.4 is 16.8 Å². The van der Waals surface area contributed by atoms with Gasteiger partial charge in [0.25, 0.3) is 0 Å². The quantitative estimate of drug-likeness (QED) is 0.506. The molecule has 6 nitrogen and oxygen atoms in total. The lowest BCUT2D eigenvalue weighted by atomic mass is 10.0. The molecule has 0 aliphatic carbocycles. The summed E-state index contributed by atoms with van der Waals surface area (Å²) < 4.78 is 0. The van der Waals surface area contributed by atoms with E-state index in [4.69, 9.17) is 11.5 Å². The molecule has 0 amide bonds. The van der Waals surface area contributed by atoms with Crippen LogP contribution in [-0.2, 0) is 0 Å². The molecule has 0 unspecified atom stereocenters. The fourth-order valence-electron chi connectivity index (χ4n) is 2.33. The van der Waals surface area contributed by atoms with Crippen LogP contribution in [-0.4, -0.2) is 29.0 Å². The second-order valence-corrected chi connectivity index (χ2v) is 6.92. The van der Waals surface area contributed by atoms with E-state index in [9.17, 15) is 0 Å². The van der Waals surface area contributed by atoms with E-state index in [1.54, 1.807) is 6.21 Å². The van der Waals surface area contributed by atoms with Crippen LogP contribution in [0.15, 0.2) is 47.1 Å². The standard InChI is InChI=1S/C16H23N5.C6H11N/c1-10(2)15(9-17)19-16-7-6-14(20-21-16)12-5-4-11(3)13(18)8-12;1-4-6(3)7-5-2/h4-8,10,15H,9,17-18H2,1-3H3,(H,19,21);4-5H,1-3H3/b;6-4-,7-5?/t15-;/m1./s1. The van der Waals surface area contributed by atoms with Crippen molar-refractivity contribution in [2.45, 2.75) is 47.6 Å². The van der Waals surface area contributed by atoms with Crippen LogP contribution in [0.4, 0.5) is 11.5 Å². The number of aromatic nitrogens is 2. The molecule has 2 aromatic rings. The van der Waals surface area contributed by atoms with Gasteiger partial charge in [0.05, 0.1) is 5.69 Å². The minimum atomic E-state index is 0.195. The molecule has 0 bridgehead atoms. The number of nitrogen functional groups attached to an aromatic ring is 1. The van der Waals surface area contributed by atoms with Crippen LogP contribution in [0.25, 0.3) is 11.3 Å². The summed E-state index contributed by atoms with van der Waals surface area (Å²) in [6.07, 6.45) is 3.76. The van der Waals surface area contributed by atoms with Crippen molar-refractivity contribution in [2.75, 3.05) is 17.6 Å². The average molecular weight is 383 g/mol. The fraction of sp³-hybridized carbons (Fsp3) is 0.409. The third kappa shape index (κ3) is 7.48. The van der Waals surface area contributed by atoms with Gasteiger partial charge in [-0.05, 0) is 57.4 Å². The molecule has 0 radical (unpaired) electrons. The Morgan fingerprint density at radius 2 is 1.89 bits per heavy atom. The summed E-state index contributed by atoms with van der Waals surface area (Å²) in [5.41, 5.74) is 16.4. The second-order valence-electron chi connectivity index (χ2n) is 6.92. The Morgan fingerprint density at radius 3 is 2.32 bits per heavy atom. The first kappa shape index (κ1) is 23.3. The maximum Gasteiger partial charge on any atom is 0.148 e. The molecule has 0 fully saturated rings. The Balaban J connectivity index is 0.000000480. The van der Waals surface area contributed by atoms with E-state index in [0.29, 0.717) is 12.5 Å². The van der Waals surface area contributed by atoms with Crippen LogP contribution in [0.5, 0.6) is 0 Å². The van der Waals surface area contributed by atoms with E-state index in [2.05, 4.69) is 34.4 Å². The summed E-state index contributed by atoms with van der Waals surface area (Å²) in [4.78, 5) is 3.98. The second kappa shape index (κ2) is 11.9. The van der Waals surface area contributed by atoms with Crippen molar-refractivity contribution in [3.63, 3.8) is 0 Å². The van der Waals surface area contributed by atoms with Gasteiger partial charge in [-0.2, -0.15) is 0 Å². The van der Waals surface area contributed by atoms with Crippen LogP contribution in [0.3, 0.4) is 0 Å². The number of benzene rings is 1. The van der Waals surface area contributed by atoms with Gasteiger partial charge in [-0.25, -0.2) is 0 Å². The Bertz CT molecular complexity index is 778. The number of anilines is 2. The first-order chi connectivity index (χ1) is 13.3. The molecule has 0 spiro atoms. The third-order valence-electron chi connectivity index (χ3n) is 4.38. The number of hydrogen-bond donors (Lipinski definition) is 3. The summed E-state index contributed by atoms with van der Waals surface area (Å²) >= 11 is 0. The van der Waals surface area contributed by atoms with Gasteiger partial charge in [0.1, 0.15) is 5.82 Å². The van der Waals surface area contributed by atoms with Gasteiger partial charge in [0, 0.05) is 35.7 Å². The molecule has 6 heteroatoms. The predicted octanol–water partition coefficient (Wildman–Crippen LogP) is 4.43. The maximum absolute atomic E-state index is 5.93. The van der Waals surface area contributed by atoms with E-state index >= 15 is 0 Å². The van der Waals surface area contributed by atoms with Gasteiger partial charge >= 0.3 is 0 Å². The summed E-state index contributed by atoms with van der Waals surface area (Å²) in [6, 6.07) is 9.96. The van der Waals surface area contributed by atoms with Crippen LogP contribution in [0.1, 0.15) is 40.2 Å². The predicted molar refractivity (Wildman–Crippen MR) is 122 cm³/mol. The monoisotopic (exact) mass is 382 g/mol. The molecule has 1 aromatic heterocycles. The van der Waals surface area contributed by atoms with E-state index in [1.165, 1.54) is 0 Å². The van der Waals surface area contributed by atoms with E-state index in [-0.39, 0.29) is 6.04 Å². The van der Waals surface area contributed by atoms with Gasteiger partial charge in [-0.3, -0.25) is 4.99 Å². The lowest BCUT2D eigenvalue weighted by molar-refractivity contribution is 0.529. The van der Waals surface area contributed by atoms with Crippen molar-refractivity contribution in [1.82, 2.24) is 10.2 Å². The number of allylic oxidation sites excluding steroid dienone is 2. The molecule has 0 saturated carbocycles. The Labute approximate surface area is 169 Å². The first-order valence-corrected chi connectivity index (χ1v) is 9.60. The summed E-state index contributed by atoms with van der Waals surface area (Å²) in [6.45, 7) is 12.7. The van der Waals surface area contributed by atoms with Crippen molar-refractivity contribution in [2.24, 2.45) is 16.6 Å². The van der Waals surface area contributed by atoms with Gasteiger partial charge < -0.3 is 16.8 Å². The Kier molecular flexibility index (Phi) is 9.88. The number of hydrogen-bond acceptors (Lipinski definition) is 6. The van der Waals surface area contributed by atoms with Crippen molar-refractivity contribution < 1.29 is 0 Å². The average Bonchev–Trinajstić information content (AvgIpc) is 2.69. The fourth-order valence-corrected chi connectivity index (χ4v) is 2.33. The van der Waals surface area contributed by atoms with E-state index < -0.39 is 0 Å². The number of aryl methyl sites for hydroxylation is 1. The molecule has 0 aliphatic heterocycles. The normalized spacial score (nSPS) is 12.6. The van der Waals surface area contributed by atoms with Gasteiger partial charge in [0.15, 0.2) is 0 Å². The van der Waals surface area contributed by atoms with Crippen molar-refractivity contribution in [1.29, 1.82) is 0 Å². The van der Waals surface area contributed by atoms with E-state index in [1.807, 2.05) is 64.1 Å². The highest BCUT2D eigenvalue weighted by Gasteiger charge is 2.12. The van der Waals surface area contributed by atoms with Crippen molar-refractivity contribution in [3.8, 4) is 11.3 Å². The number of rotatable bonds is 6. The third-order valence-corrected chi connectivity index (χ3v) is 4.38. The molecule has 0 saturated heterocycles. The lowest BCUT2D eigenvalue weighted by Crippen LogP contribution is -2.34. The number of nitrogens with two attached hydrogens (primary N) is 2. The SMILES string of the molecule is CC=N/C(C)=C\C.Cc1ccc(-c2ccc(N[C@H](CN)C(C)C)nn2)cc1N. The Hall–Kier alpha value is -2.73. The summed E-state index contributed by atoms with van der Waals surface area (Å²) in [7, 11) is 0. The van der Waals surface area contributed by atoms with E-state index in [0.717, 1.165) is 34.0 Å².